The third-order valence-electron chi connectivity index (χ3n) is 2.82. The van der Waals surface area contributed by atoms with Gasteiger partial charge in [0.1, 0.15) is 16.5 Å². The van der Waals surface area contributed by atoms with Gasteiger partial charge >= 0.3 is 0 Å². The lowest BCUT2D eigenvalue weighted by molar-refractivity contribution is -0.384. The lowest BCUT2D eigenvalue weighted by Crippen LogP contribution is -2.08. The van der Waals surface area contributed by atoms with Crippen molar-refractivity contribution in [3.05, 3.63) is 50.2 Å². The van der Waals surface area contributed by atoms with Crippen LogP contribution >= 0.6 is 11.3 Å². The van der Waals surface area contributed by atoms with Gasteiger partial charge in [-0.3, -0.25) is 10.1 Å². The number of nitrogens with zero attached hydrogens (tertiary/aromatic N) is 2. The van der Waals surface area contributed by atoms with E-state index in [1.54, 1.807) is 17.5 Å². The Morgan fingerprint density at radius 1 is 1.55 bits per heavy atom. The van der Waals surface area contributed by atoms with Crippen LogP contribution in [0.3, 0.4) is 0 Å². The number of halogens is 1. The van der Waals surface area contributed by atoms with Crippen LogP contribution in [-0.4, -0.2) is 9.91 Å². The first kappa shape index (κ1) is 14.4. The molecule has 1 atom stereocenters. The highest BCUT2D eigenvalue weighted by Gasteiger charge is 2.18. The van der Waals surface area contributed by atoms with Gasteiger partial charge in [-0.15, -0.1) is 11.3 Å². The van der Waals surface area contributed by atoms with E-state index in [4.69, 9.17) is 0 Å². The third kappa shape index (κ3) is 3.11. The quantitative estimate of drug-likeness (QED) is 0.670. The standard InChI is InChI=1S/C13H14FN3O2S/c1-3-10-7-15-13(20-10)8(2)16-11-5-4-9(14)6-12(11)17(18)19/h4-8,16H,3H2,1-2H3. The normalized spacial score (nSPS) is 12.2. The van der Waals surface area contributed by atoms with E-state index in [9.17, 15) is 14.5 Å². The molecule has 7 heteroatoms. The number of nitrogens with one attached hydrogen (secondary N) is 1. The van der Waals surface area contributed by atoms with Gasteiger partial charge in [0, 0.05) is 11.1 Å². The third-order valence-corrected chi connectivity index (χ3v) is 4.14. The van der Waals surface area contributed by atoms with Crippen molar-refractivity contribution in [2.45, 2.75) is 26.3 Å². The van der Waals surface area contributed by atoms with E-state index >= 15 is 0 Å². The second kappa shape index (κ2) is 5.96. The number of rotatable bonds is 5. The minimum atomic E-state index is -0.627. The predicted octanol–water partition coefficient (Wildman–Crippen LogP) is 3.93. The van der Waals surface area contributed by atoms with Crippen LogP contribution in [0.1, 0.15) is 29.8 Å². The molecular formula is C13H14FN3O2S. The Morgan fingerprint density at radius 2 is 2.30 bits per heavy atom. The summed E-state index contributed by atoms with van der Waals surface area (Å²) in [5.74, 6) is -0.627. The summed E-state index contributed by atoms with van der Waals surface area (Å²) in [5.41, 5.74) is 0.0151. The Balaban J connectivity index is 2.23. The van der Waals surface area contributed by atoms with Crippen LogP contribution in [0, 0.1) is 15.9 Å². The molecule has 0 spiro atoms. The molecule has 0 amide bonds. The molecule has 0 saturated heterocycles. The molecule has 0 aliphatic heterocycles. The molecule has 1 heterocycles. The van der Waals surface area contributed by atoms with Gasteiger partial charge in [-0.2, -0.15) is 0 Å². The Morgan fingerprint density at radius 3 is 2.90 bits per heavy atom. The minimum absolute atomic E-state index is 0.176. The fourth-order valence-corrected chi connectivity index (χ4v) is 2.62. The van der Waals surface area contributed by atoms with Gasteiger partial charge < -0.3 is 5.32 Å². The van der Waals surface area contributed by atoms with Crippen LogP contribution in [0.15, 0.2) is 24.4 Å². The number of nitro groups is 1. The van der Waals surface area contributed by atoms with Crippen LogP contribution in [0.4, 0.5) is 15.8 Å². The predicted molar refractivity (Wildman–Crippen MR) is 76.6 cm³/mol. The number of nitro benzene ring substituents is 1. The second-order valence-corrected chi connectivity index (χ2v) is 5.45. The van der Waals surface area contributed by atoms with Crippen molar-refractivity contribution >= 4 is 22.7 Å². The van der Waals surface area contributed by atoms with Crippen molar-refractivity contribution in [1.29, 1.82) is 0 Å². The summed E-state index contributed by atoms with van der Waals surface area (Å²) in [6.07, 6.45) is 2.71. The fraction of sp³-hybridized carbons (Fsp3) is 0.308. The maximum Gasteiger partial charge on any atom is 0.295 e. The topological polar surface area (TPSA) is 68.1 Å². The van der Waals surface area contributed by atoms with E-state index in [1.807, 2.05) is 13.8 Å². The van der Waals surface area contributed by atoms with E-state index in [0.717, 1.165) is 22.4 Å². The molecule has 0 bridgehead atoms. The Bertz CT molecular complexity index is 630. The number of anilines is 1. The van der Waals surface area contributed by atoms with Gasteiger partial charge in [0.05, 0.1) is 17.0 Å². The molecule has 2 rings (SSSR count). The summed E-state index contributed by atoms with van der Waals surface area (Å²) in [4.78, 5) is 15.8. The van der Waals surface area contributed by atoms with E-state index in [1.165, 1.54) is 12.1 Å². The van der Waals surface area contributed by atoms with Gasteiger partial charge in [0.2, 0.25) is 0 Å². The van der Waals surface area contributed by atoms with Gasteiger partial charge in [-0.25, -0.2) is 9.37 Å². The molecule has 0 radical (unpaired) electrons. The van der Waals surface area contributed by atoms with E-state index in [0.29, 0.717) is 0 Å². The maximum atomic E-state index is 13.1. The smallest absolute Gasteiger partial charge is 0.295 e. The fourth-order valence-electron chi connectivity index (χ4n) is 1.76. The zero-order valence-corrected chi connectivity index (χ0v) is 11.9. The molecule has 0 aliphatic rings. The molecule has 1 N–H and O–H groups in total. The number of benzene rings is 1. The highest BCUT2D eigenvalue weighted by atomic mass is 32.1. The van der Waals surface area contributed by atoms with Crippen LogP contribution in [0.2, 0.25) is 0 Å². The number of hydrogen-bond acceptors (Lipinski definition) is 5. The van der Waals surface area contributed by atoms with Crippen molar-refractivity contribution in [3.63, 3.8) is 0 Å². The number of hydrogen-bond donors (Lipinski definition) is 1. The Hall–Kier alpha value is -2.02. The molecule has 1 aromatic heterocycles. The summed E-state index contributed by atoms with van der Waals surface area (Å²) >= 11 is 1.56. The van der Waals surface area contributed by atoms with Gasteiger partial charge in [0.25, 0.3) is 5.69 Å². The van der Waals surface area contributed by atoms with Gasteiger partial charge in [-0.1, -0.05) is 6.92 Å². The number of aryl methyl sites for hydroxylation is 1. The van der Waals surface area contributed by atoms with Gasteiger partial charge in [-0.05, 0) is 25.5 Å². The average Bonchev–Trinajstić information content (AvgIpc) is 2.89. The maximum absolute atomic E-state index is 13.1. The summed E-state index contributed by atoms with van der Waals surface area (Å²) in [6.45, 7) is 3.91. The molecule has 0 aliphatic carbocycles. The van der Waals surface area contributed by atoms with Crippen molar-refractivity contribution < 1.29 is 9.31 Å². The monoisotopic (exact) mass is 295 g/mol. The Labute approximate surface area is 119 Å². The van der Waals surface area contributed by atoms with Crippen molar-refractivity contribution in [2.24, 2.45) is 0 Å². The molecular weight excluding hydrogens is 281 g/mol. The molecule has 2 aromatic rings. The first-order chi connectivity index (χ1) is 9.51. The highest BCUT2D eigenvalue weighted by molar-refractivity contribution is 7.11. The Kier molecular flexibility index (Phi) is 4.29. The lowest BCUT2D eigenvalue weighted by atomic mass is 10.2. The van der Waals surface area contributed by atoms with Crippen LogP contribution in [-0.2, 0) is 6.42 Å². The summed E-state index contributed by atoms with van der Waals surface area (Å²) in [6, 6.07) is 3.30. The number of aromatic nitrogens is 1. The molecule has 0 saturated carbocycles. The molecule has 1 unspecified atom stereocenters. The van der Waals surface area contributed by atoms with Crippen LogP contribution in [0.5, 0.6) is 0 Å². The highest BCUT2D eigenvalue weighted by Crippen LogP contribution is 2.30. The molecule has 106 valence electrons. The zero-order chi connectivity index (χ0) is 14.7. The first-order valence-electron chi connectivity index (χ1n) is 6.16. The summed E-state index contributed by atoms with van der Waals surface area (Å²) < 4.78 is 13.1. The summed E-state index contributed by atoms with van der Waals surface area (Å²) in [5, 5.41) is 14.8. The molecule has 20 heavy (non-hydrogen) atoms. The van der Waals surface area contributed by atoms with E-state index in [-0.39, 0.29) is 17.4 Å². The molecule has 0 fully saturated rings. The van der Waals surface area contributed by atoms with Crippen LogP contribution < -0.4 is 5.32 Å². The summed E-state index contributed by atoms with van der Waals surface area (Å²) in [7, 11) is 0. The van der Waals surface area contributed by atoms with Crippen LogP contribution in [0.25, 0.3) is 0 Å². The second-order valence-electron chi connectivity index (χ2n) is 4.30. The molecule has 5 nitrogen and oxygen atoms in total. The lowest BCUT2D eigenvalue weighted by Gasteiger charge is -2.12. The average molecular weight is 295 g/mol. The van der Waals surface area contributed by atoms with E-state index in [2.05, 4.69) is 10.3 Å². The largest absolute Gasteiger partial charge is 0.371 e. The van der Waals surface area contributed by atoms with Crippen molar-refractivity contribution in [3.8, 4) is 0 Å². The molecule has 1 aromatic carbocycles. The minimum Gasteiger partial charge on any atom is -0.371 e. The van der Waals surface area contributed by atoms with Gasteiger partial charge in [0.15, 0.2) is 0 Å². The SMILES string of the molecule is CCc1cnc(C(C)Nc2ccc(F)cc2[N+](=O)[O-])s1. The van der Waals surface area contributed by atoms with E-state index < -0.39 is 10.7 Å². The van der Waals surface area contributed by atoms with Crippen molar-refractivity contribution in [2.75, 3.05) is 5.32 Å². The first-order valence-corrected chi connectivity index (χ1v) is 6.98. The van der Waals surface area contributed by atoms with Crippen molar-refractivity contribution in [1.82, 2.24) is 4.98 Å². The number of thiazole rings is 1. The zero-order valence-electron chi connectivity index (χ0n) is 11.1.